The fraction of sp³-hybridized carbons (Fsp3) is 0.200. The van der Waals surface area contributed by atoms with Gasteiger partial charge in [0.05, 0.1) is 0 Å². The largest absolute Gasteiger partial charge is 1.00 e. The van der Waals surface area contributed by atoms with Crippen molar-refractivity contribution in [3.05, 3.63) is 81.2 Å². The Morgan fingerprint density at radius 3 is 1.88 bits per heavy atom. The molecule has 0 amide bonds. The maximum Gasteiger partial charge on any atom is -1.00 e. The second kappa shape index (κ2) is 8.53. The molecule has 4 heteroatoms. The minimum atomic E-state index is -1.81. The Bertz CT molecular complexity index is 803. The van der Waals surface area contributed by atoms with E-state index in [9.17, 15) is 0 Å². The number of allylic oxidation sites excluding steroid dienone is 4. The maximum atomic E-state index is 2.63. The zero-order valence-corrected chi connectivity index (χ0v) is 21.1. The van der Waals surface area contributed by atoms with Gasteiger partial charge in [0.25, 0.3) is 0 Å². The van der Waals surface area contributed by atoms with Gasteiger partial charge in [-0.15, -0.1) is 0 Å². The number of fused-ring (bicyclic) bond motifs is 3. The molecule has 0 aromatic heterocycles. The summed E-state index contributed by atoms with van der Waals surface area (Å²) in [5.74, 6) is 5.26. The normalized spacial score (nSPS) is 13.8. The van der Waals surface area contributed by atoms with E-state index in [0.29, 0.717) is 0 Å². The second-order valence-electron chi connectivity index (χ2n) is 6.35. The third kappa shape index (κ3) is 3.42. The molecule has 2 aromatic rings. The van der Waals surface area contributed by atoms with Gasteiger partial charge in [-0.2, -0.15) is 0 Å². The van der Waals surface area contributed by atoms with Crippen molar-refractivity contribution in [2.45, 2.75) is 21.6 Å². The summed E-state index contributed by atoms with van der Waals surface area (Å²) in [4.78, 5) is 0. The fourth-order valence-corrected chi connectivity index (χ4v) is 45.3. The van der Waals surface area contributed by atoms with Crippen molar-refractivity contribution in [3.8, 4) is 11.1 Å². The average Bonchev–Trinajstić information content (AvgIpc) is 3.16. The van der Waals surface area contributed by atoms with Crippen molar-refractivity contribution in [3.63, 3.8) is 0 Å². The van der Waals surface area contributed by atoms with Crippen molar-refractivity contribution in [1.82, 2.24) is 0 Å². The third-order valence-electron chi connectivity index (χ3n) is 4.78. The summed E-state index contributed by atoms with van der Waals surface area (Å²) < 4.78 is 2.66. The Balaban J connectivity index is 0.00000104. The predicted octanol–water partition coefficient (Wildman–Crippen LogP) is -0.522. The average molecular weight is 582 g/mol. The van der Waals surface area contributed by atoms with Crippen LogP contribution in [0.25, 0.3) is 11.1 Å². The molecule has 0 spiro atoms. The fourth-order valence-electron chi connectivity index (χ4n) is 3.91. The molecule has 0 aliphatic heterocycles. The third-order valence-corrected chi connectivity index (χ3v) is 45.7. The van der Waals surface area contributed by atoms with Crippen LogP contribution in [0.15, 0.2) is 70.1 Å². The molecule has 0 heterocycles. The Morgan fingerprint density at radius 2 is 1.42 bits per heavy atom. The monoisotopic (exact) mass is 584 g/mol. The van der Waals surface area contributed by atoms with E-state index in [4.69, 9.17) is 0 Å². The molecule has 0 fully saturated rings. The van der Waals surface area contributed by atoms with E-state index in [0.717, 1.165) is 3.67 Å². The Kier molecular flexibility index (Phi) is 7.19. The standard InChI is InChI=1S/C13H9.C5H5.C2H6Ge.2ClH.Hf/c1-3-7-12-10(5-1)9-11-6-2-4-8-13(11)12;1-2-4-5-3-1;1-3-2;;;/h1-9H;1-3H,4H2;1-2H3;2*1H;/q;;;;;+2/p-2. The predicted molar refractivity (Wildman–Crippen MR) is 93.0 cm³/mol. The van der Waals surface area contributed by atoms with Crippen LogP contribution in [0.3, 0.4) is 0 Å². The van der Waals surface area contributed by atoms with E-state index in [1.807, 2.05) is 3.33 Å². The molecule has 0 N–H and O–H groups in total. The second-order valence-corrected chi connectivity index (χ2v) is 45.8. The van der Waals surface area contributed by atoms with Gasteiger partial charge in [-0.1, -0.05) is 0 Å². The van der Waals surface area contributed by atoms with E-state index < -0.39 is 28.4 Å². The van der Waals surface area contributed by atoms with Crippen LogP contribution in [-0.4, -0.2) is 10.1 Å². The van der Waals surface area contributed by atoms with Crippen LogP contribution in [-0.2, 0) is 18.3 Å². The SMILES string of the molecule is [CH3][Ge]([CH3])=[Hf+2]([C]1=CC=CC1)[CH]1c2ccccc2-c2ccccc21.[Cl-].[Cl-]. The Hall–Kier alpha value is -0.0870. The number of hydrogen-bond acceptors (Lipinski definition) is 0. The summed E-state index contributed by atoms with van der Waals surface area (Å²) >= 11 is -1.81. The molecule has 0 nitrogen and oxygen atoms in total. The molecule has 0 saturated carbocycles. The van der Waals surface area contributed by atoms with Crippen LogP contribution in [0.2, 0.25) is 11.5 Å². The van der Waals surface area contributed by atoms with Crippen LogP contribution in [0, 0.1) is 0 Å². The topological polar surface area (TPSA) is 0 Å². The number of benzene rings is 2. The summed E-state index contributed by atoms with van der Waals surface area (Å²) in [5, 5.41) is 0. The smallest absolute Gasteiger partial charge is 1.00 e. The number of halogens is 2. The van der Waals surface area contributed by atoms with E-state index in [-0.39, 0.29) is 24.8 Å². The molecule has 0 radical (unpaired) electrons. The minimum Gasteiger partial charge on any atom is -1.00 e. The molecule has 2 aromatic carbocycles. The van der Waals surface area contributed by atoms with E-state index in [1.165, 1.54) is 17.5 Å². The van der Waals surface area contributed by atoms with Crippen molar-refractivity contribution in [2.75, 3.05) is 0 Å². The number of rotatable bonds is 2. The van der Waals surface area contributed by atoms with Gasteiger partial charge < -0.3 is 24.8 Å². The van der Waals surface area contributed by atoms with Gasteiger partial charge in [0.15, 0.2) is 0 Å². The van der Waals surface area contributed by atoms with Crippen LogP contribution >= 0.6 is 0 Å². The van der Waals surface area contributed by atoms with Crippen molar-refractivity contribution >= 4 is 10.1 Å². The van der Waals surface area contributed by atoms with Crippen molar-refractivity contribution in [2.24, 2.45) is 0 Å². The van der Waals surface area contributed by atoms with Gasteiger partial charge in [-0.3, -0.25) is 0 Å². The van der Waals surface area contributed by atoms with Crippen LogP contribution in [0.1, 0.15) is 21.2 Å². The number of hydrogen-bond donors (Lipinski definition) is 0. The van der Waals surface area contributed by atoms with Crippen LogP contribution < -0.4 is 24.8 Å². The summed E-state index contributed by atoms with van der Waals surface area (Å²) in [6.45, 7) is 0. The van der Waals surface area contributed by atoms with Crippen molar-refractivity contribution in [1.29, 1.82) is 0 Å². The van der Waals surface area contributed by atoms with Crippen LogP contribution in [0.4, 0.5) is 0 Å². The molecule has 122 valence electrons. The zero-order valence-electron chi connectivity index (χ0n) is 13.9. The zero-order chi connectivity index (χ0) is 15.1. The molecular formula is C20H20Cl2GeHf. The molecule has 0 bridgehead atoms. The molecule has 2 aliphatic carbocycles. The Morgan fingerprint density at radius 1 is 0.875 bits per heavy atom. The van der Waals surface area contributed by atoms with Crippen molar-refractivity contribution < 1.29 is 43.2 Å². The maximum absolute atomic E-state index is 2.63. The van der Waals surface area contributed by atoms with E-state index in [2.05, 4.69) is 78.3 Å². The minimum absolute atomic E-state index is 0. The van der Waals surface area contributed by atoms with Gasteiger partial charge in [0.1, 0.15) is 0 Å². The van der Waals surface area contributed by atoms with Gasteiger partial charge in [0.2, 0.25) is 0 Å². The van der Waals surface area contributed by atoms with Gasteiger partial charge in [0, 0.05) is 0 Å². The molecule has 4 rings (SSSR count). The molecule has 0 atom stereocenters. The summed E-state index contributed by atoms with van der Waals surface area (Å²) in [6, 6.07) is 18.4. The summed E-state index contributed by atoms with van der Waals surface area (Å²) in [6.07, 6.45) is 8.40. The van der Waals surface area contributed by atoms with E-state index >= 15 is 0 Å². The molecular weight excluding hydrogens is 562 g/mol. The van der Waals surface area contributed by atoms with Gasteiger partial charge >= 0.3 is 142 Å². The van der Waals surface area contributed by atoms with Gasteiger partial charge in [-0.05, 0) is 0 Å². The molecule has 0 saturated heterocycles. The molecule has 0 unspecified atom stereocenters. The first kappa shape index (κ1) is 20.2. The summed E-state index contributed by atoms with van der Waals surface area (Å²) in [7, 11) is -0.895. The van der Waals surface area contributed by atoms with Crippen LogP contribution in [0.5, 0.6) is 0 Å². The van der Waals surface area contributed by atoms with Gasteiger partial charge in [-0.25, -0.2) is 0 Å². The first-order valence-electron chi connectivity index (χ1n) is 7.99. The first-order chi connectivity index (χ1) is 10.8. The molecule has 24 heavy (non-hydrogen) atoms. The Labute approximate surface area is 165 Å². The first-order valence-corrected chi connectivity index (χ1v) is 26.4. The summed E-state index contributed by atoms with van der Waals surface area (Å²) in [5.41, 5.74) is 6.31. The van der Waals surface area contributed by atoms with E-state index in [1.54, 1.807) is 11.1 Å². The molecule has 2 aliphatic rings. The quantitative estimate of drug-likeness (QED) is 0.419.